The number of fused-ring (bicyclic) bond motifs is 1. The fraction of sp³-hybridized carbons (Fsp3) is 0.111. The van der Waals surface area contributed by atoms with Crippen LogP contribution in [0.1, 0.15) is 5.01 Å². The molecule has 6 nitrogen and oxygen atoms in total. The molecule has 0 aliphatic carbocycles. The standard InChI is InChI=1S/C9H8N2O4S2/c10-8(12)4-9-11-6-2-1-5(17(13,14)15)3-7(6)16-9/h1-3H,4H2,(H2,10,12)(H,13,14,15). The van der Waals surface area contributed by atoms with Crippen LogP contribution in [0.15, 0.2) is 23.1 Å². The Balaban J connectivity index is 2.52. The summed E-state index contributed by atoms with van der Waals surface area (Å²) in [5, 5.41) is 0.514. The third-order valence-electron chi connectivity index (χ3n) is 2.03. The molecule has 1 aromatic carbocycles. The first-order valence-electron chi connectivity index (χ1n) is 4.51. The smallest absolute Gasteiger partial charge is 0.294 e. The number of thiazole rings is 1. The maximum atomic E-state index is 10.9. The van der Waals surface area contributed by atoms with Crippen molar-refractivity contribution in [2.75, 3.05) is 0 Å². The SMILES string of the molecule is NC(=O)Cc1nc2ccc(S(=O)(=O)O)cc2s1. The van der Waals surface area contributed by atoms with Gasteiger partial charge in [-0.05, 0) is 18.2 Å². The molecule has 0 saturated heterocycles. The zero-order valence-electron chi connectivity index (χ0n) is 8.45. The molecule has 0 spiro atoms. The average Bonchev–Trinajstić information content (AvgIpc) is 2.55. The van der Waals surface area contributed by atoms with Gasteiger partial charge in [-0.3, -0.25) is 9.35 Å². The number of nitrogens with two attached hydrogens (primary N) is 1. The number of nitrogens with zero attached hydrogens (tertiary/aromatic N) is 1. The van der Waals surface area contributed by atoms with E-state index in [0.717, 1.165) is 0 Å². The second-order valence-corrected chi connectivity index (χ2v) is 5.89. The maximum absolute atomic E-state index is 10.9. The van der Waals surface area contributed by atoms with Crippen molar-refractivity contribution >= 4 is 37.6 Å². The highest BCUT2D eigenvalue weighted by Crippen LogP contribution is 2.25. The zero-order chi connectivity index (χ0) is 12.6. The molecule has 1 aromatic heterocycles. The first-order valence-corrected chi connectivity index (χ1v) is 6.77. The molecule has 1 heterocycles. The largest absolute Gasteiger partial charge is 0.369 e. The lowest BCUT2D eigenvalue weighted by molar-refractivity contribution is -0.117. The predicted molar refractivity (Wildman–Crippen MR) is 62.3 cm³/mol. The third-order valence-corrected chi connectivity index (χ3v) is 3.90. The highest BCUT2D eigenvalue weighted by atomic mass is 32.2. The van der Waals surface area contributed by atoms with Crippen LogP contribution in [0.25, 0.3) is 10.2 Å². The second-order valence-electron chi connectivity index (χ2n) is 3.36. The van der Waals surface area contributed by atoms with Gasteiger partial charge in [0.05, 0.1) is 21.5 Å². The summed E-state index contributed by atoms with van der Waals surface area (Å²) in [5.41, 5.74) is 5.61. The van der Waals surface area contributed by atoms with Gasteiger partial charge in [-0.15, -0.1) is 11.3 Å². The number of aromatic nitrogens is 1. The molecule has 2 rings (SSSR count). The zero-order valence-corrected chi connectivity index (χ0v) is 10.1. The minimum absolute atomic E-state index is 0.0144. The van der Waals surface area contributed by atoms with Crippen molar-refractivity contribution in [1.29, 1.82) is 0 Å². The van der Waals surface area contributed by atoms with Crippen LogP contribution >= 0.6 is 11.3 Å². The summed E-state index contributed by atoms with van der Waals surface area (Å²) < 4.78 is 31.3. The Morgan fingerprint density at radius 1 is 1.47 bits per heavy atom. The van der Waals surface area contributed by atoms with Gasteiger partial charge in [0.1, 0.15) is 5.01 Å². The molecule has 0 fully saturated rings. The van der Waals surface area contributed by atoms with Gasteiger partial charge >= 0.3 is 0 Å². The lowest BCUT2D eigenvalue weighted by atomic mass is 10.3. The van der Waals surface area contributed by atoms with Crippen molar-refractivity contribution in [3.05, 3.63) is 23.2 Å². The van der Waals surface area contributed by atoms with E-state index in [9.17, 15) is 13.2 Å². The third kappa shape index (κ3) is 2.60. The monoisotopic (exact) mass is 272 g/mol. The molecule has 8 heteroatoms. The van der Waals surface area contributed by atoms with E-state index in [1.54, 1.807) is 0 Å². The Kier molecular flexibility index (Phi) is 2.86. The van der Waals surface area contributed by atoms with Crippen molar-refractivity contribution < 1.29 is 17.8 Å². The van der Waals surface area contributed by atoms with Gasteiger partial charge in [-0.2, -0.15) is 8.42 Å². The van der Waals surface area contributed by atoms with Gasteiger partial charge in [0.25, 0.3) is 10.1 Å². The normalized spacial score (nSPS) is 11.8. The van der Waals surface area contributed by atoms with Gasteiger partial charge < -0.3 is 5.73 Å². The van der Waals surface area contributed by atoms with Gasteiger partial charge in [-0.1, -0.05) is 0 Å². The average molecular weight is 272 g/mol. The summed E-state index contributed by atoms with van der Waals surface area (Å²) in [6.07, 6.45) is 0.0144. The lowest BCUT2D eigenvalue weighted by Crippen LogP contribution is -2.13. The van der Waals surface area contributed by atoms with Crippen LogP contribution in [0.4, 0.5) is 0 Å². The molecule has 0 saturated carbocycles. The number of hydrogen-bond acceptors (Lipinski definition) is 5. The summed E-state index contributed by atoms with van der Waals surface area (Å²) in [6, 6.07) is 4.04. The van der Waals surface area contributed by atoms with Crippen LogP contribution in [0.5, 0.6) is 0 Å². The first kappa shape index (κ1) is 12.0. The van der Waals surface area contributed by atoms with Crippen molar-refractivity contribution in [2.24, 2.45) is 5.73 Å². The van der Waals surface area contributed by atoms with E-state index < -0.39 is 16.0 Å². The van der Waals surface area contributed by atoms with Gasteiger partial charge in [0.15, 0.2) is 0 Å². The summed E-state index contributed by atoms with van der Waals surface area (Å²) >= 11 is 1.17. The fourth-order valence-electron chi connectivity index (χ4n) is 1.34. The molecule has 3 N–H and O–H groups in total. The van der Waals surface area contributed by atoms with Crippen LogP contribution in [0.3, 0.4) is 0 Å². The molecule has 0 aliphatic rings. The highest BCUT2D eigenvalue weighted by Gasteiger charge is 2.12. The predicted octanol–water partition coefficient (Wildman–Crippen LogP) is 0.571. The molecule has 90 valence electrons. The molecular formula is C9H8N2O4S2. The van der Waals surface area contributed by atoms with E-state index in [-0.39, 0.29) is 11.3 Å². The Morgan fingerprint density at radius 3 is 2.76 bits per heavy atom. The van der Waals surface area contributed by atoms with Crippen LogP contribution in [0.2, 0.25) is 0 Å². The highest BCUT2D eigenvalue weighted by molar-refractivity contribution is 7.85. The number of carbonyl (C=O) groups is 1. The number of hydrogen-bond donors (Lipinski definition) is 2. The number of primary amides is 1. The topological polar surface area (TPSA) is 110 Å². The number of benzene rings is 1. The maximum Gasteiger partial charge on any atom is 0.294 e. The van der Waals surface area contributed by atoms with E-state index in [1.165, 1.54) is 29.5 Å². The molecule has 0 atom stereocenters. The second kappa shape index (κ2) is 4.06. The number of rotatable bonds is 3. The molecule has 0 unspecified atom stereocenters. The minimum Gasteiger partial charge on any atom is -0.369 e. The summed E-state index contributed by atoms with van der Waals surface area (Å²) in [5.74, 6) is -0.501. The first-order chi connectivity index (χ1) is 7.86. The fourth-order valence-corrected chi connectivity index (χ4v) is 2.94. The van der Waals surface area contributed by atoms with Crippen LogP contribution in [-0.4, -0.2) is 23.9 Å². The van der Waals surface area contributed by atoms with Crippen molar-refractivity contribution in [1.82, 2.24) is 4.98 Å². The molecular weight excluding hydrogens is 264 g/mol. The van der Waals surface area contributed by atoms with Crippen LogP contribution in [-0.2, 0) is 21.3 Å². The molecule has 0 aliphatic heterocycles. The van der Waals surface area contributed by atoms with E-state index in [4.69, 9.17) is 10.3 Å². The van der Waals surface area contributed by atoms with Gasteiger partial charge in [0, 0.05) is 0 Å². The molecule has 0 radical (unpaired) electrons. The number of amides is 1. The molecule has 2 aromatic rings. The molecule has 0 bridgehead atoms. The van der Waals surface area contributed by atoms with Gasteiger partial charge in [-0.25, -0.2) is 4.98 Å². The quantitative estimate of drug-likeness (QED) is 0.794. The summed E-state index contributed by atoms with van der Waals surface area (Å²) in [6.45, 7) is 0. The Bertz CT molecular complexity index is 690. The minimum atomic E-state index is -4.22. The Labute approximate surface area is 101 Å². The molecule has 17 heavy (non-hydrogen) atoms. The molecule has 1 amide bonds. The van der Waals surface area contributed by atoms with E-state index in [1.807, 2.05) is 0 Å². The van der Waals surface area contributed by atoms with Gasteiger partial charge in [0.2, 0.25) is 5.91 Å². The Hall–Kier alpha value is -1.51. The lowest BCUT2D eigenvalue weighted by Gasteiger charge is -1.94. The van der Waals surface area contributed by atoms with Crippen molar-refractivity contribution in [3.8, 4) is 0 Å². The van der Waals surface area contributed by atoms with Crippen molar-refractivity contribution in [2.45, 2.75) is 11.3 Å². The van der Waals surface area contributed by atoms with Crippen molar-refractivity contribution in [3.63, 3.8) is 0 Å². The van der Waals surface area contributed by atoms with Crippen LogP contribution in [0, 0.1) is 0 Å². The van der Waals surface area contributed by atoms with E-state index in [2.05, 4.69) is 4.98 Å². The summed E-state index contributed by atoms with van der Waals surface area (Å²) in [4.78, 5) is 14.6. The number of carbonyl (C=O) groups excluding carboxylic acids is 1. The van der Waals surface area contributed by atoms with Crippen LogP contribution < -0.4 is 5.73 Å². The van der Waals surface area contributed by atoms with E-state index >= 15 is 0 Å². The van der Waals surface area contributed by atoms with E-state index in [0.29, 0.717) is 15.2 Å². The Morgan fingerprint density at radius 2 is 2.18 bits per heavy atom. The summed E-state index contributed by atoms with van der Waals surface area (Å²) in [7, 11) is -4.22.